The van der Waals surface area contributed by atoms with E-state index in [0.717, 1.165) is 58.4 Å². The van der Waals surface area contributed by atoms with Crippen molar-refractivity contribution in [1.82, 2.24) is 19.3 Å². The molecule has 0 aliphatic carbocycles. The number of rotatable bonds is 6. The van der Waals surface area contributed by atoms with Crippen LogP contribution in [0.15, 0.2) is 64.6 Å². The van der Waals surface area contributed by atoms with E-state index < -0.39 is 0 Å². The fourth-order valence-electron chi connectivity index (χ4n) is 4.78. The molecule has 5 rings (SSSR count). The smallest absolute Gasteiger partial charge is 0.250 e. The van der Waals surface area contributed by atoms with Gasteiger partial charge >= 0.3 is 0 Å². The van der Waals surface area contributed by atoms with Crippen LogP contribution in [-0.4, -0.2) is 44.7 Å². The molecule has 1 aliphatic rings. The summed E-state index contributed by atoms with van der Waals surface area (Å²) in [5.74, 6) is 0.232. The van der Waals surface area contributed by atoms with E-state index in [9.17, 15) is 4.79 Å². The van der Waals surface area contributed by atoms with Crippen molar-refractivity contribution in [2.75, 3.05) is 13.2 Å². The molecule has 0 radical (unpaired) electrons. The molecule has 9 heteroatoms. The number of pyridine rings is 1. The number of nitrogens with two attached hydrogens (primary N) is 1. The third-order valence-corrected chi connectivity index (χ3v) is 6.68. The van der Waals surface area contributed by atoms with Crippen LogP contribution in [0.25, 0.3) is 33.6 Å². The molecule has 3 aromatic heterocycles. The van der Waals surface area contributed by atoms with Gasteiger partial charge in [0.15, 0.2) is 0 Å². The van der Waals surface area contributed by atoms with Crippen molar-refractivity contribution in [3.05, 3.63) is 76.5 Å². The Balaban J connectivity index is 1.61. The molecule has 4 aromatic rings. The van der Waals surface area contributed by atoms with Gasteiger partial charge in [-0.05, 0) is 54.7 Å². The van der Waals surface area contributed by atoms with E-state index >= 15 is 0 Å². The Kier molecular flexibility index (Phi) is 6.39. The Morgan fingerprint density at radius 3 is 2.75 bits per heavy atom. The average Bonchev–Trinajstić information content (AvgIpc) is 3.54. The van der Waals surface area contributed by atoms with Gasteiger partial charge in [-0.15, -0.1) is 0 Å². The maximum absolute atomic E-state index is 12.0. The fraction of sp³-hybridized carbons (Fsp3) is 0.259. The summed E-state index contributed by atoms with van der Waals surface area (Å²) < 4.78 is 9.17. The first-order chi connectivity index (χ1) is 17.5. The number of nitrogens with one attached hydrogen (secondary N) is 2. The normalized spacial score (nSPS) is 14.8. The lowest BCUT2D eigenvalue weighted by atomic mass is 9.99. The molecule has 1 aromatic carbocycles. The second-order valence-electron chi connectivity index (χ2n) is 9.02. The van der Waals surface area contributed by atoms with E-state index in [0.29, 0.717) is 18.9 Å². The fourth-order valence-corrected chi connectivity index (χ4v) is 4.78. The second kappa shape index (κ2) is 9.79. The van der Waals surface area contributed by atoms with Gasteiger partial charge in [-0.1, -0.05) is 18.2 Å². The second-order valence-corrected chi connectivity index (χ2v) is 9.02. The number of ether oxygens (including phenoxy) is 1. The van der Waals surface area contributed by atoms with E-state index in [1.165, 1.54) is 0 Å². The Hall–Kier alpha value is -4.24. The van der Waals surface area contributed by atoms with Crippen LogP contribution in [0, 0.1) is 12.3 Å². The molecule has 1 fully saturated rings. The molecule has 0 spiro atoms. The molecule has 4 heterocycles. The lowest BCUT2D eigenvalue weighted by Gasteiger charge is -2.24. The van der Waals surface area contributed by atoms with Crippen LogP contribution in [0.3, 0.4) is 0 Å². The summed E-state index contributed by atoms with van der Waals surface area (Å²) in [6.45, 7) is 3.37. The van der Waals surface area contributed by atoms with E-state index in [2.05, 4.69) is 27.2 Å². The molecule has 1 saturated heterocycles. The summed E-state index contributed by atoms with van der Waals surface area (Å²) in [6.07, 6.45) is 6.40. The van der Waals surface area contributed by atoms with Gasteiger partial charge in [-0.2, -0.15) is 5.10 Å². The van der Waals surface area contributed by atoms with Crippen LogP contribution < -0.4 is 11.3 Å². The summed E-state index contributed by atoms with van der Waals surface area (Å²) in [5.41, 5.74) is 13.5. The largest absolute Gasteiger partial charge is 0.382 e. The standard InChI is InChI=1S/C27H29N7O2/c1-17-12-25(35)33(2)15-22(17)18-4-3-5-19(13-18)23-14-21(26(32-23)27(29)30-16-28)24-6-9-31-34(24)20-7-10-36-11-8-20/h3-6,9,12-16,20,32H,7-8,10-11H2,1-2H3,(H3,28,29,30). The van der Waals surface area contributed by atoms with Crippen LogP contribution >= 0.6 is 0 Å². The first-order valence-electron chi connectivity index (χ1n) is 11.9. The predicted molar refractivity (Wildman–Crippen MR) is 141 cm³/mol. The molecule has 0 unspecified atom stereocenters. The Morgan fingerprint density at radius 2 is 1.97 bits per heavy atom. The average molecular weight is 484 g/mol. The molecule has 4 N–H and O–H groups in total. The zero-order chi connectivity index (χ0) is 25.2. The number of aromatic amines is 1. The van der Waals surface area contributed by atoms with Gasteiger partial charge in [-0.25, -0.2) is 4.99 Å². The molecular weight excluding hydrogens is 454 g/mol. The SMILES string of the molecule is Cc1cc(=O)n(C)cc1-c1cccc(-c2cc(-c3ccnn3C3CCOCC3)c(C(N)=NC=N)[nH]2)c1. The number of benzene rings is 1. The number of H-pyrrole nitrogens is 1. The lowest BCUT2D eigenvalue weighted by molar-refractivity contribution is 0.0667. The molecule has 1 aliphatic heterocycles. The number of nitrogens with zero attached hydrogens (tertiary/aromatic N) is 4. The minimum atomic E-state index is -0.0341. The maximum atomic E-state index is 12.0. The van der Waals surface area contributed by atoms with Gasteiger partial charge in [-0.3, -0.25) is 14.9 Å². The molecule has 36 heavy (non-hydrogen) atoms. The Labute approximate surface area is 208 Å². The highest BCUT2D eigenvalue weighted by atomic mass is 16.5. The highest BCUT2D eigenvalue weighted by Crippen LogP contribution is 2.34. The zero-order valence-corrected chi connectivity index (χ0v) is 20.4. The van der Waals surface area contributed by atoms with E-state index in [4.69, 9.17) is 15.9 Å². The summed E-state index contributed by atoms with van der Waals surface area (Å²) in [4.78, 5) is 19.5. The third kappa shape index (κ3) is 4.40. The van der Waals surface area contributed by atoms with Crippen molar-refractivity contribution in [3.8, 4) is 33.6 Å². The first-order valence-corrected chi connectivity index (χ1v) is 11.9. The number of hydrogen-bond acceptors (Lipinski definition) is 4. The van der Waals surface area contributed by atoms with Crippen molar-refractivity contribution in [2.24, 2.45) is 17.8 Å². The van der Waals surface area contributed by atoms with E-state index in [-0.39, 0.29) is 17.4 Å². The van der Waals surface area contributed by atoms with Crippen LogP contribution in [0.1, 0.15) is 30.1 Å². The third-order valence-electron chi connectivity index (χ3n) is 6.68. The highest BCUT2D eigenvalue weighted by molar-refractivity contribution is 6.05. The molecule has 0 saturated carbocycles. The lowest BCUT2D eigenvalue weighted by Crippen LogP contribution is -2.21. The molecule has 9 nitrogen and oxygen atoms in total. The van der Waals surface area contributed by atoms with Gasteiger partial charge in [0.2, 0.25) is 0 Å². The number of amidine groups is 1. The monoisotopic (exact) mass is 483 g/mol. The highest BCUT2D eigenvalue weighted by Gasteiger charge is 2.23. The number of aryl methyl sites for hydroxylation is 2. The van der Waals surface area contributed by atoms with Crippen LogP contribution in [-0.2, 0) is 11.8 Å². The molecular formula is C27H29N7O2. The van der Waals surface area contributed by atoms with Crippen molar-refractivity contribution in [1.29, 1.82) is 5.41 Å². The summed E-state index contributed by atoms with van der Waals surface area (Å²) in [7, 11) is 1.76. The van der Waals surface area contributed by atoms with Gasteiger partial charge < -0.3 is 20.0 Å². The van der Waals surface area contributed by atoms with Crippen molar-refractivity contribution in [2.45, 2.75) is 25.8 Å². The number of aliphatic imine (C=N–C) groups is 1. The zero-order valence-electron chi connectivity index (χ0n) is 20.4. The van der Waals surface area contributed by atoms with Crippen molar-refractivity contribution < 1.29 is 4.74 Å². The van der Waals surface area contributed by atoms with Crippen LogP contribution in [0.4, 0.5) is 0 Å². The van der Waals surface area contributed by atoms with Gasteiger partial charge in [0.25, 0.3) is 5.56 Å². The predicted octanol–water partition coefficient (Wildman–Crippen LogP) is 3.88. The molecule has 0 amide bonds. The van der Waals surface area contributed by atoms with Crippen molar-refractivity contribution >= 4 is 12.2 Å². The molecule has 0 atom stereocenters. The first kappa shape index (κ1) is 23.5. The molecule has 184 valence electrons. The summed E-state index contributed by atoms with van der Waals surface area (Å²) in [6, 6.07) is 14.1. The minimum Gasteiger partial charge on any atom is -0.382 e. The number of aromatic nitrogens is 4. The van der Waals surface area contributed by atoms with Crippen LogP contribution in [0.2, 0.25) is 0 Å². The Bertz CT molecular complexity index is 1500. The van der Waals surface area contributed by atoms with Gasteiger partial charge in [0.1, 0.15) is 12.2 Å². The molecule has 0 bridgehead atoms. The quantitative estimate of drug-likeness (QED) is 0.284. The van der Waals surface area contributed by atoms with Crippen LogP contribution in [0.5, 0.6) is 0 Å². The minimum absolute atomic E-state index is 0.0341. The summed E-state index contributed by atoms with van der Waals surface area (Å²) in [5, 5.41) is 12.0. The Morgan fingerprint density at radius 1 is 1.19 bits per heavy atom. The van der Waals surface area contributed by atoms with E-state index in [1.807, 2.05) is 42.1 Å². The van der Waals surface area contributed by atoms with Crippen molar-refractivity contribution in [3.63, 3.8) is 0 Å². The maximum Gasteiger partial charge on any atom is 0.250 e. The topological polar surface area (TPSA) is 127 Å². The number of hydrogen-bond donors (Lipinski definition) is 3. The van der Waals surface area contributed by atoms with Gasteiger partial charge in [0.05, 0.1) is 17.4 Å². The summed E-state index contributed by atoms with van der Waals surface area (Å²) >= 11 is 0. The van der Waals surface area contributed by atoms with Gasteiger partial charge in [0, 0.05) is 55.5 Å². The van der Waals surface area contributed by atoms with E-state index in [1.54, 1.807) is 23.9 Å².